The van der Waals surface area contributed by atoms with E-state index in [1.807, 2.05) is 48.3 Å². The zero-order chi connectivity index (χ0) is 17.3. The van der Waals surface area contributed by atoms with Crippen LogP contribution < -0.4 is 0 Å². The molecule has 130 valence electrons. The molecule has 1 fully saturated rings. The number of carbonyl (C=O) groups is 1. The summed E-state index contributed by atoms with van der Waals surface area (Å²) in [6, 6.07) is 0.240. The van der Waals surface area contributed by atoms with Gasteiger partial charge in [-0.3, -0.25) is 9.48 Å². The molecule has 7 nitrogen and oxygen atoms in total. The van der Waals surface area contributed by atoms with Gasteiger partial charge < -0.3 is 4.90 Å². The highest BCUT2D eigenvalue weighted by atomic mass is 16.2. The summed E-state index contributed by atoms with van der Waals surface area (Å²) in [5.74, 6) is 1.94. The fourth-order valence-corrected chi connectivity index (χ4v) is 3.56. The molecule has 1 aliphatic rings. The third-order valence-corrected chi connectivity index (χ3v) is 4.73. The number of likely N-dealkylation sites (tertiary alicyclic amines) is 1. The Morgan fingerprint density at radius 3 is 2.71 bits per heavy atom. The molecule has 0 saturated carbocycles. The first-order valence-electron chi connectivity index (χ1n) is 8.60. The molecule has 2 aromatic heterocycles. The van der Waals surface area contributed by atoms with E-state index in [4.69, 9.17) is 0 Å². The quantitative estimate of drug-likeness (QED) is 0.856. The van der Waals surface area contributed by atoms with Crippen LogP contribution in [0.1, 0.15) is 48.2 Å². The van der Waals surface area contributed by atoms with Gasteiger partial charge >= 0.3 is 0 Å². The predicted molar refractivity (Wildman–Crippen MR) is 90.6 cm³/mol. The zero-order valence-electron chi connectivity index (χ0n) is 15.0. The summed E-state index contributed by atoms with van der Waals surface area (Å²) in [5.41, 5.74) is 2.16. The molecule has 1 amide bonds. The Morgan fingerprint density at radius 1 is 1.29 bits per heavy atom. The minimum absolute atomic E-state index is 0.220. The second kappa shape index (κ2) is 6.75. The highest BCUT2D eigenvalue weighted by Crippen LogP contribution is 2.23. The van der Waals surface area contributed by atoms with Gasteiger partial charge in [-0.05, 0) is 45.6 Å². The van der Waals surface area contributed by atoms with Crippen molar-refractivity contribution in [1.29, 1.82) is 0 Å². The molecular formula is C17H26N6O. The van der Waals surface area contributed by atoms with Crippen LogP contribution in [-0.2, 0) is 18.3 Å². The van der Waals surface area contributed by atoms with E-state index < -0.39 is 0 Å². The van der Waals surface area contributed by atoms with E-state index in [1.54, 1.807) is 0 Å². The van der Waals surface area contributed by atoms with Gasteiger partial charge in [-0.25, -0.2) is 9.67 Å². The van der Waals surface area contributed by atoms with Gasteiger partial charge in [-0.1, -0.05) is 0 Å². The lowest BCUT2D eigenvalue weighted by Crippen LogP contribution is -2.41. The largest absolute Gasteiger partial charge is 0.341 e. The van der Waals surface area contributed by atoms with Crippen molar-refractivity contribution in [2.75, 3.05) is 13.1 Å². The second-order valence-corrected chi connectivity index (χ2v) is 6.70. The Balaban J connectivity index is 1.61. The molecule has 24 heavy (non-hydrogen) atoms. The van der Waals surface area contributed by atoms with Gasteiger partial charge in [0.05, 0.1) is 11.7 Å². The SMILES string of the molecule is Cc1nc(C)n([C@@H]2CCCN(C(=O)CCc3cn(C)nc3C)C2)n1. The number of aryl methyl sites for hydroxylation is 5. The summed E-state index contributed by atoms with van der Waals surface area (Å²) < 4.78 is 3.79. The Hall–Kier alpha value is -2.18. The Bertz CT molecular complexity index is 732. The van der Waals surface area contributed by atoms with Crippen LogP contribution in [0.2, 0.25) is 0 Å². The lowest BCUT2D eigenvalue weighted by Gasteiger charge is -2.33. The number of nitrogens with zero attached hydrogens (tertiary/aromatic N) is 6. The smallest absolute Gasteiger partial charge is 0.222 e. The van der Waals surface area contributed by atoms with Crippen molar-refractivity contribution in [3.8, 4) is 0 Å². The Morgan fingerprint density at radius 2 is 2.08 bits per heavy atom. The average Bonchev–Trinajstić information content (AvgIpc) is 3.05. The van der Waals surface area contributed by atoms with Crippen molar-refractivity contribution >= 4 is 5.91 Å². The zero-order valence-corrected chi connectivity index (χ0v) is 15.0. The maximum Gasteiger partial charge on any atom is 0.222 e. The molecule has 0 spiro atoms. The Labute approximate surface area is 142 Å². The summed E-state index contributed by atoms with van der Waals surface area (Å²) >= 11 is 0. The van der Waals surface area contributed by atoms with Crippen LogP contribution in [0.25, 0.3) is 0 Å². The van der Waals surface area contributed by atoms with Crippen molar-refractivity contribution in [3.63, 3.8) is 0 Å². The van der Waals surface area contributed by atoms with E-state index in [0.717, 1.165) is 55.3 Å². The number of hydrogen-bond donors (Lipinski definition) is 0. The fourth-order valence-electron chi connectivity index (χ4n) is 3.56. The van der Waals surface area contributed by atoms with E-state index >= 15 is 0 Å². The van der Waals surface area contributed by atoms with Crippen molar-refractivity contribution in [2.24, 2.45) is 7.05 Å². The van der Waals surface area contributed by atoms with Gasteiger partial charge in [0, 0.05) is 32.8 Å². The van der Waals surface area contributed by atoms with Crippen molar-refractivity contribution in [1.82, 2.24) is 29.4 Å². The molecule has 2 aromatic rings. The molecule has 1 aliphatic heterocycles. The molecule has 0 N–H and O–H groups in total. The third-order valence-electron chi connectivity index (χ3n) is 4.73. The summed E-state index contributed by atoms with van der Waals surface area (Å²) in [6.45, 7) is 7.45. The van der Waals surface area contributed by atoms with Gasteiger partial charge in [0.1, 0.15) is 11.6 Å². The van der Waals surface area contributed by atoms with Crippen LogP contribution >= 0.6 is 0 Å². The van der Waals surface area contributed by atoms with Gasteiger partial charge in [0.25, 0.3) is 0 Å². The van der Waals surface area contributed by atoms with Crippen molar-refractivity contribution in [2.45, 2.75) is 52.5 Å². The minimum Gasteiger partial charge on any atom is -0.341 e. The molecule has 0 radical (unpaired) electrons. The number of hydrogen-bond acceptors (Lipinski definition) is 4. The number of carbonyl (C=O) groups excluding carboxylic acids is 1. The summed E-state index contributed by atoms with van der Waals surface area (Å²) in [5, 5.41) is 8.83. The van der Waals surface area contributed by atoms with E-state index in [2.05, 4.69) is 15.2 Å². The molecule has 1 saturated heterocycles. The van der Waals surface area contributed by atoms with Crippen molar-refractivity contribution in [3.05, 3.63) is 29.1 Å². The van der Waals surface area contributed by atoms with E-state index in [-0.39, 0.29) is 11.9 Å². The molecule has 3 heterocycles. The van der Waals surface area contributed by atoms with Crippen LogP contribution in [0.5, 0.6) is 0 Å². The highest BCUT2D eigenvalue weighted by molar-refractivity contribution is 5.76. The molecule has 1 atom stereocenters. The maximum absolute atomic E-state index is 12.6. The first-order chi connectivity index (χ1) is 11.4. The summed E-state index contributed by atoms with van der Waals surface area (Å²) in [4.78, 5) is 19.0. The third kappa shape index (κ3) is 3.49. The topological polar surface area (TPSA) is 68.8 Å². The van der Waals surface area contributed by atoms with Gasteiger partial charge in [-0.2, -0.15) is 10.2 Å². The lowest BCUT2D eigenvalue weighted by atomic mass is 10.0. The molecule has 0 bridgehead atoms. The van der Waals surface area contributed by atoms with Crippen LogP contribution in [-0.4, -0.2) is 48.4 Å². The first-order valence-corrected chi connectivity index (χ1v) is 8.60. The average molecular weight is 330 g/mol. The summed E-state index contributed by atoms with van der Waals surface area (Å²) in [7, 11) is 1.91. The molecule has 3 rings (SSSR count). The van der Waals surface area contributed by atoms with E-state index in [9.17, 15) is 4.79 Å². The number of rotatable bonds is 4. The number of amides is 1. The van der Waals surface area contributed by atoms with Crippen molar-refractivity contribution < 1.29 is 4.79 Å². The standard InChI is InChI=1S/C17H26N6O/c1-12-15(10-21(4)19-12)7-8-17(24)22-9-5-6-16(11-22)23-14(3)18-13(2)20-23/h10,16H,5-9,11H2,1-4H3/t16-/m1/s1. The molecule has 0 aromatic carbocycles. The molecule has 7 heteroatoms. The van der Waals surface area contributed by atoms with Crippen LogP contribution in [0.3, 0.4) is 0 Å². The monoisotopic (exact) mass is 330 g/mol. The van der Waals surface area contributed by atoms with Crippen LogP contribution in [0.15, 0.2) is 6.20 Å². The van der Waals surface area contributed by atoms with Crippen LogP contribution in [0, 0.1) is 20.8 Å². The van der Waals surface area contributed by atoms with E-state index in [0.29, 0.717) is 6.42 Å². The summed E-state index contributed by atoms with van der Waals surface area (Å²) in [6.07, 6.45) is 5.36. The number of piperidine rings is 1. The first kappa shape index (κ1) is 16.7. The normalized spacial score (nSPS) is 18.2. The van der Waals surface area contributed by atoms with Gasteiger partial charge in [0.2, 0.25) is 5.91 Å². The van der Waals surface area contributed by atoms with E-state index in [1.165, 1.54) is 0 Å². The second-order valence-electron chi connectivity index (χ2n) is 6.70. The minimum atomic E-state index is 0.220. The molecular weight excluding hydrogens is 304 g/mol. The Kier molecular flexibility index (Phi) is 4.69. The fraction of sp³-hybridized carbons (Fsp3) is 0.647. The van der Waals surface area contributed by atoms with Gasteiger partial charge in [-0.15, -0.1) is 0 Å². The molecule has 0 aliphatic carbocycles. The van der Waals surface area contributed by atoms with Crippen LogP contribution in [0.4, 0.5) is 0 Å². The predicted octanol–water partition coefficient (Wildman–Crippen LogP) is 1.73. The number of aromatic nitrogens is 5. The molecule has 0 unspecified atom stereocenters. The van der Waals surface area contributed by atoms with Gasteiger partial charge in [0.15, 0.2) is 0 Å². The maximum atomic E-state index is 12.6. The lowest BCUT2D eigenvalue weighted by molar-refractivity contribution is -0.132. The highest BCUT2D eigenvalue weighted by Gasteiger charge is 2.26.